The molecule has 0 saturated heterocycles. The third kappa shape index (κ3) is 4.58. The zero-order valence-electron chi connectivity index (χ0n) is 9.30. The molecule has 72 valence electrons. The highest BCUT2D eigenvalue weighted by Gasteiger charge is 2.05. The van der Waals surface area contributed by atoms with Crippen molar-refractivity contribution in [1.82, 2.24) is 0 Å². The monoisotopic (exact) mass is 168 g/mol. The normalized spacial score (nSPS) is 19.4. The van der Waals surface area contributed by atoms with E-state index in [1.165, 1.54) is 12.8 Å². The number of hydrogen-bond donors (Lipinski definition) is 0. The van der Waals surface area contributed by atoms with Crippen LogP contribution in [0.4, 0.5) is 0 Å². The molecule has 12 heavy (non-hydrogen) atoms. The Hall–Kier alpha value is -0.260. The maximum absolute atomic E-state index is 2.38. The van der Waals surface area contributed by atoms with Crippen LogP contribution < -0.4 is 0 Å². The largest absolute Gasteiger partial charge is 0.0854 e. The summed E-state index contributed by atoms with van der Waals surface area (Å²) in [6.07, 6.45) is 7.27. The highest BCUT2D eigenvalue weighted by atomic mass is 14.1. The molecule has 0 aromatic carbocycles. The molecule has 0 fully saturated rings. The maximum Gasteiger partial charge on any atom is -0.0236 e. The van der Waals surface area contributed by atoms with Gasteiger partial charge in [-0.05, 0) is 17.8 Å². The highest BCUT2D eigenvalue weighted by Crippen LogP contribution is 2.16. The molecule has 0 heteroatoms. The van der Waals surface area contributed by atoms with E-state index in [4.69, 9.17) is 0 Å². The van der Waals surface area contributed by atoms with Gasteiger partial charge in [-0.25, -0.2) is 0 Å². The molecule has 0 rings (SSSR count). The second kappa shape index (κ2) is 6.28. The zero-order valence-corrected chi connectivity index (χ0v) is 9.30. The van der Waals surface area contributed by atoms with Crippen molar-refractivity contribution in [2.24, 2.45) is 17.8 Å². The van der Waals surface area contributed by atoms with Crippen LogP contribution in [0.15, 0.2) is 12.2 Å². The Morgan fingerprint density at radius 1 is 0.917 bits per heavy atom. The first kappa shape index (κ1) is 11.7. The maximum atomic E-state index is 2.38. The van der Waals surface area contributed by atoms with E-state index in [-0.39, 0.29) is 0 Å². The number of hydrogen-bond acceptors (Lipinski definition) is 0. The fourth-order valence-electron chi connectivity index (χ4n) is 1.06. The van der Waals surface area contributed by atoms with Crippen LogP contribution in [0, 0.1) is 17.8 Å². The molecule has 0 aromatic rings. The summed E-state index contributed by atoms with van der Waals surface area (Å²) in [5.41, 5.74) is 0. The topological polar surface area (TPSA) is 0 Å². The molecular formula is C12H24. The van der Waals surface area contributed by atoms with E-state index >= 15 is 0 Å². The molecule has 0 bridgehead atoms. The average Bonchev–Trinajstić information content (AvgIpc) is 2.11. The predicted molar refractivity (Wildman–Crippen MR) is 57.2 cm³/mol. The molecule has 0 spiro atoms. The van der Waals surface area contributed by atoms with Crippen molar-refractivity contribution < 1.29 is 0 Å². The lowest BCUT2D eigenvalue weighted by Gasteiger charge is -2.14. The summed E-state index contributed by atoms with van der Waals surface area (Å²) in [7, 11) is 0. The molecule has 0 nitrogen and oxygen atoms in total. The van der Waals surface area contributed by atoms with Crippen LogP contribution >= 0.6 is 0 Å². The van der Waals surface area contributed by atoms with Crippen LogP contribution in [-0.2, 0) is 0 Å². The fraction of sp³-hybridized carbons (Fsp3) is 0.833. The smallest absolute Gasteiger partial charge is 0.0236 e. The second-order valence-electron chi connectivity index (χ2n) is 4.02. The molecular weight excluding hydrogens is 144 g/mol. The van der Waals surface area contributed by atoms with E-state index in [1.807, 2.05) is 0 Å². The van der Waals surface area contributed by atoms with Crippen molar-refractivity contribution in [1.29, 1.82) is 0 Å². The SMILES string of the molecule is CCC(C)C=CC(C)C(C)CC. The first-order valence-corrected chi connectivity index (χ1v) is 5.30. The Labute approximate surface area is 78.1 Å². The van der Waals surface area contributed by atoms with Gasteiger partial charge in [-0.2, -0.15) is 0 Å². The van der Waals surface area contributed by atoms with E-state index in [2.05, 4.69) is 46.8 Å². The van der Waals surface area contributed by atoms with Crippen LogP contribution in [-0.4, -0.2) is 0 Å². The summed E-state index contributed by atoms with van der Waals surface area (Å²) >= 11 is 0. The lowest BCUT2D eigenvalue weighted by atomic mass is 9.92. The second-order valence-corrected chi connectivity index (χ2v) is 4.02. The van der Waals surface area contributed by atoms with Gasteiger partial charge in [-0.3, -0.25) is 0 Å². The van der Waals surface area contributed by atoms with Crippen molar-refractivity contribution in [2.45, 2.75) is 47.5 Å². The minimum Gasteiger partial charge on any atom is -0.0854 e. The van der Waals surface area contributed by atoms with Gasteiger partial charge in [0.05, 0.1) is 0 Å². The molecule has 0 saturated carbocycles. The Bertz CT molecular complexity index is 124. The van der Waals surface area contributed by atoms with Gasteiger partial charge in [-0.1, -0.05) is 59.6 Å². The lowest BCUT2D eigenvalue weighted by Crippen LogP contribution is -2.03. The quantitative estimate of drug-likeness (QED) is 0.538. The molecule has 3 unspecified atom stereocenters. The lowest BCUT2D eigenvalue weighted by molar-refractivity contribution is 0.444. The van der Waals surface area contributed by atoms with Gasteiger partial charge in [0.1, 0.15) is 0 Å². The Morgan fingerprint density at radius 2 is 1.50 bits per heavy atom. The van der Waals surface area contributed by atoms with Gasteiger partial charge in [0.25, 0.3) is 0 Å². The Kier molecular flexibility index (Phi) is 6.14. The number of allylic oxidation sites excluding steroid dienone is 2. The first-order chi connectivity index (χ1) is 5.61. The minimum absolute atomic E-state index is 0.740. The van der Waals surface area contributed by atoms with Crippen molar-refractivity contribution >= 4 is 0 Å². The standard InChI is InChI=1S/C12H24/c1-6-10(3)8-9-12(5)11(4)7-2/h8-12H,6-7H2,1-5H3. The van der Waals surface area contributed by atoms with E-state index in [0.29, 0.717) is 0 Å². The number of rotatable bonds is 5. The van der Waals surface area contributed by atoms with Crippen molar-refractivity contribution in [3.63, 3.8) is 0 Å². The molecule has 0 aliphatic carbocycles. The molecule has 0 radical (unpaired) electrons. The fourth-order valence-corrected chi connectivity index (χ4v) is 1.06. The van der Waals surface area contributed by atoms with Gasteiger partial charge in [0.15, 0.2) is 0 Å². The summed E-state index contributed by atoms with van der Waals surface area (Å²) in [6.45, 7) is 11.4. The molecule has 0 aliphatic heterocycles. The zero-order chi connectivity index (χ0) is 9.56. The van der Waals surface area contributed by atoms with Crippen molar-refractivity contribution in [3.05, 3.63) is 12.2 Å². The predicted octanol–water partition coefficient (Wildman–Crippen LogP) is 4.27. The van der Waals surface area contributed by atoms with Gasteiger partial charge in [0, 0.05) is 0 Å². The average molecular weight is 168 g/mol. The minimum atomic E-state index is 0.740. The van der Waals surface area contributed by atoms with Gasteiger partial charge in [-0.15, -0.1) is 0 Å². The summed E-state index contributed by atoms with van der Waals surface area (Å²) < 4.78 is 0. The summed E-state index contributed by atoms with van der Waals surface area (Å²) in [4.78, 5) is 0. The van der Waals surface area contributed by atoms with E-state index in [0.717, 1.165) is 17.8 Å². The Morgan fingerprint density at radius 3 is 1.92 bits per heavy atom. The van der Waals surface area contributed by atoms with Crippen molar-refractivity contribution in [2.75, 3.05) is 0 Å². The molecule has 3 atom stereocenters. The summed E-state index contributed by atoms with van der Waals surface area (Å²) in [6, 6.07) is 0. The molecule has 0 aliphatic rings. The molecule has 0 amide bonds. The molecule has 0 aromatic heterocycles. The van der Waals surface area contributed by atoms with Crippen LogP contribution in [0.2, 0.25) is 0 Å². The van der Waals surface area contributed by atoms with E-state index < -0.39 is 0 Å². The third-order valence-corrected chi connectivity index (χ3v) is 2.93. The van der Waals surface area contributed by atoms with Crippen LogP contribution in [0.5, 0.6) is 0 Å². The third-order valence-electron chi connectivity index (χ3n) is 2.93. The molecule has 0 heterocycles. The van der Waals surface area contributed by atoms with E-state index in [9.17, 15) is 0 Å². The summed E-state index contributed by atoms with van der Waals surface area (Å²) in [5.74, 6) is 2.31. The van der Waals surface area contributed by atoms with E-state index in [1.54, 1.807) is 0 Å². The highest BCUT2D eigenvalue weighted by molar-refractivity contribution is 4.91. The van der Waals surface area contributed by atoms with Crippen molar-refractivity contribution in [3.8, 4) is 0 Å². The Balaban J connectivity index is 3.81. The van der Waals surface area contributed by atoms with Gasteiger partial charge < -0.3 is 0 Å². The van der Waals surface area contributed by atoms with Crippen LogP contribution in [0.25, 0.3) is 0 Å². The van der Waals surface area contributed by atoms with Gasteiger partial charge >= 0.3 is 0 Å². The van der Waals surface area contributed by atoms with Gasteiger partial charge in [0.2, 0.25) is 0 Å². The van der Waals surface area contributed by atoms with Crippen LogP contribution in [0.3, 0.4) is 0 Å². The van der Waals surface area contributed by atoms with Crippen LogP contribution in [0.1, 0.15) is 47.5 Å². The first-order valence-electron chi connectivity index (χ1n) is 5.30. The molecule has 0 N–H and O–H groups in total. The summed E-state index contributed by atoms with van der Waals surface area (Å²) in [5, 5.41) is 0.